The summed E-state index contributed by atoms with van der Waals surface area (Å²) in [5.41, 5.74) is 5.03. The van der Waals surface area contributed by atoms with Crippen LogP contribution in [0.15, 0.2) is 5.16 Å². The first-order valence-corrected chi connectivity index (χ1v) is 6.88. The van der Waals surface area contributed by atoms with Crippen LogP contribution in [0, 0.1) is 11.3 Å². The Labute approximate surface area is 114 Å². The van der Waals surface area contributed by atoms with E-state index in [9.17, 15) is 4.79 Å². The molecular weight excluding hydrogens is 244 g/mol. The van der Waals surface area contributed by atoms with Gasteiger partial charge >= 0.3 is 0 Å². The zero-order chi connectivity index (χ0) is 14.2. The van der Waals surface area contributed by atoms with Crippen molar-refractivity contribution in [3.05, 3.63) is 0 Å². The maximum absolute atomic E-state index is 12.7. The molecule has 1 saturated heterocycles. The summed E-state index contributed by atoms with van der Waals surface area (Å²) in [6.45, 7) is 6.50. The number of hydrogen-bond acceptors (Lipinski definition) is 4. The predicted molar refractivity (Wildman–Crippen MR) is 72.9 cm³/mol. The van der Waals surface area contributed by atoms with Crippen LogP contribution in [0.2, 0.25) is 0 Å². The van der Waals surface area contributed by atoms with E-state index in [0.717, 1.165) is 6.54 Å². The Balaban J connectivity index is 2.13. The van der Waals surface area contributed by atoms with E-state index in [2.05, 4.69) is 31.0 Å². The summed E-state index contributed by atoms with van der Waals surface area (Å²) in [6, 6.07) is 0.347. The minimum Gasteiger partial charge on any atom is -0.409 e. The number of piperazine rings is 1. The highest BCUT2D eigenvalue weighted by molar-refractivity contribution is 6.07. The van der Waals surface area contributed by atoms with Gasteiger partial charge in [-0.3, -0.25) is 4.79 Å². The van der Waals surface area contributed by atoms with Gasteiger partial charge < -0.3 is 20.7 Å². The van der Waals surface area contributed by atoms with Gasteiger partial charge in [-0.2, -0.15) is 0 Å². The smallest absolute Gasteiger partial charge is 0.236 e. The molecule has 0 bridgehead atoms. The molecule has 1 amide bonds. The fourth-order valence-electron chi connectivity index (χ4n) is 3.25. The third-order valence-corrected chi connectivity index (χ3v) is 4.65. The predicted octanol–water partition coefficient (Wildman–Crippen LogP) is 0.312. The Morgan fingerprint density at radius 2 is 2.00 bits per heavy atom. The number of nitrogens with two attached hydrogens (primary N) is 1. The molecule has 6 nitrogen and oxygen atoms in total. The number of hydrogen-bond donors (Lipinski definition) is 2. The second-order valence-electron chi connectivity index (χ2n) is 6.16. The van der Waals surface area contributed by atoms with Gasteiger partial charge in [-0.1, -0.05) is 12.1 Å². The quantitative estimate of drug-likeness (QED) is 0.327. The number of nitrogens with zero attached hydrogens (tertiary/aromatic N) is 3. The average Bonchev–Trinajstić information content (AvgIpc) is 2.36. The molecule has 2 rings (SSSR count). The average molecular weight is 268 g/mol. The summed E-state index contributed by atoms with van der Waals surface area (Å²) in [4.78, 5) is 16.8. The van der Waals surface area contributed by atoms with E-state index in [4.69, 9.17) is 10.9 Å². The number of likely N-dealkylation sites (N-methyl/N-ethyl adjacent to an activating group) is 1. The van der Waals surface area contributed by atoms with Crippen molar-refractivity contribution < 1.29 is 10.0 Å². The van der Waals surface area contributed by atoms with Gasteiger partial charge in [0.15, 0.2) is 5.84 Å². The SMILES string of the molecule is CC1CC(C(=O)N2CCN(C)C(C)C2)(C(N)=NO)C1. The van der Waals surface area contributed by atoms with E-state index in [0.29, 0.717) is 37.9 Å². The molecule has 2 aliphatic rings. The van der Waals surface area contributed by atoms with Crippen molar-refractivity contribution in [2.45, 2.75) is 32.7 Å². The molecule has 2 fully saturated rings. The molecule has 3 N–H and O–H groups in total. The van der Waals surface area contributed by atoms with Crippen molar-refractivity contribution >= 4 is 11.7 Å². The lowest BCUT2D eigenvalue weighted by molar-refractivity contribution is -0.147. The van der Waals surface area contributed by atoms with Crippen LogP contribution in [0.3, 0.4) is 0 Å². The maximum Gasteiger partial charge on any atom is 0.236 e. The molecule has 0 spiro atoms. The minimum atomic E-state index is -0.760. The summed E-state index contributed by atoms with van der Waals surface area (Å²) >= 11 is 0. The van der Waals surface area contributed by atoms with E-state index < -0.39 is 5.41 Å². The highest BCUT2D eigenvalue weighted by Crippen LogP contribution is 2.47. The van der Waals surface area contributed by atoms with E-state index in [1.54, 1.807) is 0 Å². The van der Waals surface area contributed by atoms with E-state index in [1.807, 2.05) is 4.90 Å². The van der Waals surface area contributed by atoms with Crippen LogP contribution in [-0.2, 0) is 4.79 Å². The van der Waals surface area contributed by atoms with Gasteiger partial charge in [0.25, 0.3) is 0 Å². The molecule has 0 aromatic rings. The third-order valence-electron chi connectivity index (χ3n) is 4.65. The van der Waals surface area contributed by atoms with Crippen LogP contribution in [0.5, 0.6) is 0 Å². The lowest BCUT2D eigenvalue weighted by atomic mass is 9.61. The highest BCUT2D eigenvalue weighted by Gasteiger charge is 2.54. The Hall–Kier alpha value is -1.30. The number of rotatable bonds is 2. The Morgan fingerprint density at radius 3 is 2.47 bits per heavy atom. The van der Waals surface area contributed by atoms with E-state index in [-0.39, 0.29) is 11.7 Å². The van der Waals surface area contributed by atoms with Gasteiger partial charge in [0.2, 0.25) is 5.91 Å². The fraction of sp³-hybridized carbons (Fsp3) is 0.846. The third kappa shape index (κ3) is 2.29. The number of amides is 1. The van der Waals surface area contributed by atoms with Crippen molar-refractivity contribution in [2.24, 2.45) is 22.2 Å². The van der Waals surface area contributed by atoms with Gasteiger partial charge in [-0.05, 0) is 32.7 Å². The summed E-state index contributed by atoms with van der Waals surface area (Å²) in [5.74, 6) is 0.553. The topological polar surface area (TPSA) is 82.2 Å². The van der Waals surface area contributed by atoms with Gasteiger partial charge in [0.05, 0.1) is 0 Å². The molecule has 19 heavy (non-hydrogen) atoms. The summed E-state index contributed by atoms with van der Waals surface area (Å²) in [7, 11) is 2.07. The first kappa shape index (κ1) is 14.1. The maximum atomic E-state index is 12.7. The number of carbonyl (C=O) groups excluding carboxylic acids is 1. The highest BCUT2D eigenvalue weighted by atomic mass is 16.4. The molecule has 1 aliphatic carbocycles. The second kappa shape index (κ2) is 5.00. The molecule has 1 aliphatic heterocycles. The molecular formula is C13H24N4O2. The minimum absolute atomic E-state index is 0.0286. The molecule has 1 atom stereocenters. The standard InChI is InChI=1S/C13H24N4O2/c1-9-6-13(7-9,11(14)15-19)12(18)17-5-4-16(3)10(2)8-17/h9-10,19H,4-8H2,1-3H3,(H2,14,15). The fourth-order valence-corrected chi connectivity index (χ4v) is 3.25. The van der Waals surface area contributed by atoms with Crippen molar-refractivity contribution in [1.29, 1.82) is 0 Å². The normalized spacial score (nSPS) is 37.0. The van der Waals surface area contributed by atoms with Gasteiger partial charge in [0.1, 0.15) is 5.41 Å². The van der Waals surface area contributed by atoms with Gasteiger partial charge in [-0.25, -0.2) is 0 Å². The zero-order valence-electron chi connectivity index (χ0n) is 12.0. The Kier molecular flexibility index (Phi) is 3.71. The molecule has 0 aromatic carbocycles. The van der Waals surface area contributed by atoms with E-state index in [1.165, 1.54) is 0 Å². The largest absolute Gasteiger partial charge is 0.409 e. The lowest BCUT2D eigenvalue weighted by Gasteiger charge is -2.48. The number of amidine groups is 1. The van der Waals surface area contributed by atoms with Crippen molar-refractivity contribution in [2.75, 3.05) is 26.7 Å². The zero-order valence-corrected chi connectivity index (χ0v) is 12.0. The van der Waals surface area contributed by atoms with Crippen LogP contribution in [0.25, 0.3) is 0 Å². The van der Waals surface area contributed by atoms with Crippen molar-refractivity contribution in [1.82, 2.24) is 9.80 Å². The first-order valence-electron chi connectivity index (χ1n) is 6.88. The molecule has 1 heterocycles. The van der Waals surface area contributed by atoms with Crippen LogP contribution in [-0.4, -0.2) is 59.5 Å². The molecule has 1 unspecified atom stereocenters. The van der Waals surface area contributed by atoms with Crippen LogP contribution in [0.1, 0.15) is 26.7 Å². The Morgan fingerprint density at radius 1 is 1.37 bits per heavy atom. The summed E-state index contributed by atoms with van der Waals surface area (Å²) in [5, 5.41) is 12.1. The molecule has 0 aromatic heterocycles. The molecule has 1 saturated carbocycles. The van der Waals surface area contributed by atoms with Gasteiger partial charge in [-0.15, -0.1) is 0 Å². The Bertz CT molecular complexity index is 390. The van der Waals surface area contributed by atoms with Crippen molar-refractivity contribution in [3.63, 3.8) is 0 Å². The van der Waals surface area contributed by atoms with Crippen molar-refractivity contribution in [3.8, 4) is 0 Å². The summed E-state index contributed by atoms with van der Waals surface area (Å²) < 4.78 is 0. The van der Waals surface area contributed by atoms with Crippen LogP contribution < -0.4 is 5.73 Å². The first-order chi connectivity index (χ1) is 8.90. The van der Waals surface area contributed by atoms with Crippen LogP contribution >= 0.6 is 0 Å². The molecule has 0 radical (unpaired) electrons. The number of oxime groups is 1. The second-order valence-corrected chi connectivity index (χ2v) is 6.16. The van der Waals surface area contributed by atoms with Gasteiger partial charge in [0, 0.05) is 25.7 Å². The number of carbonyl (C=O) groups is 1. The molecule has 6 heteroatoms. The summed E-state index contributed by atoms with van der Waals surface area (Å²) in [6.07, 6.45) is 1.37. The monoisotopic (exact) mass is 268 g/mol. The van der Waals surface area contributed by atoms with Crippen LogP contribution in [0.4, 0.5) is 0 Å². The lowest BCUT2D eigenvalue weighted by Crippen LogP contribution is -2.61. The van der Waals surface area contributed by atoms with E-state index >= 15 is 0 Å². The molecule has 108 valence electrons.